The molecular formula is C27H37N5O2. The number of nitrogens with one attached hydrogen (secondary N) is 2. The second-order valence-electron chi connectivity index (χ2n) is 11.7. The summed E-state index contributed by atoms with van der Waals surface area (Å²) in [6.07, 6.45) is 13.1. The molecule has 7 nitrogen and oxygen atoms in total. The molecule has 0 spiro atoms. The summed E-state index contributed by atoms with van der Waals surface area (Å²) < 4.78 is 1.76. The van der Waals surface area contributed by atoms with Crippen molar-refractivity contribution in [1.29, 1.82) is 0 Å². The third kappa shape index (κ3) is 4.12. The average Bonchev–Trinajstić information content (AvgIpc) is 3.42. The maximum absolute atomic E-state index is 13.2. The van der Waals surface area contributed by atoms with E-state index in [9.17, 15) is 9.59 Å². The first-order chi connectivity index (χ1) is 16.5. The summed E-state index contributed by atoms with van der Waals surface area (Å²) in [7, 11) is 2.15. The fourth-order valence-electron chi connectivity index (χ4n) is 7.96. The number of fused-ring (bicyclic) bond motifs is 1. The Morgan fingerprint density at radius 2 is 1.79 bits per heavy atom. The van der Waals surface area contributed by atoms with Crippen molar-refractivity contribution in [3.05, 3.63) is 35.8 Å². The Morgan fingerprint density at radius 3 is 2.47 bits per heavy atom. The number of hydrogen-bond donors (Lipinski definition) is 2. The summed E-state index contributed by atoms with van der Waals surface area (Å²) in [4.78, 5) is 32.8. The molecule has 1 aliphatic heterocycles. The number of carbonyl (C=O) groups is 2. The van der Waals surface area contributed by atoms with Crippen LogP contribution in [-0.2, 0) is 0 Å². The van der Waals surface area contributed by atoms with Crippen molar-refractivity contribution < 1.29 is 9.59 Å². The highest BCUT2D eigenvalue weighted by molar-refractivity contribution is 5.95. The van der Waals surface area contributed by atoms with E-state index in [1.54, 1.807) is 10.6 Å². The SMILES string of the molecule is CN1CCCC1CCNC(=O)c1cn2c(C(=O)NCC34CC5CC(CC(C5)C3)C4)cccc2n1. The van der Waals surface area contributed by atoms with Crippen molar-refractivity contribution in [1.82, 2.24) is 24.9 Å². The zero-order valence-corrected chi connectivity index (χ0v) is 20.3. The molecule has 1 atom stereocenters. The molecule has 0 aromatic carbocycles. The average molecular weight is 464 g/mol. The van der Waals surface area contributed by atoms with E-state index in [1.165, 1.54) is 51.4 Å². The summed E-state index contributed by atoms with van der Waals surface area (Å²) >= 11 is 0. The Balaban J connectivity index is 1.10. The van der Waals surface area contributed by atoms with Crippen molar-refractivity contribution in [2.24, 2.45) is 23.2 Å². The Labute approximate surface area is 201 Å². The second kappa shape index (κ2) is 8.67. The molecule has 5 fully saturated rings. The fourth-order valence-corrected chi connectivity index (χ4v) is 7.96. The summed E-state index contributed by atoms with van der Waals surface area (Å²) in [6, 6.07) is 6.06. The molecule has 1 saturated heterocycles. The van der Waals surface area contributed by atoms with E-state index in [0.717, 1.165) is 37.3 Å². The maximum Gasteiger partial charge on any atom is 0.271 e. The number of likely N-dealkylation sites (tertiary alicyclic amines) is 1. The quantitative estimate of drug-likeness (QED) is 0.659. The van der Waals surface area contributed by atoms with Crippen molar-refractivity contribution >= 4 is 17.5 Å². The van der Waals surface area contributed by atoms with Gasteiger partial charge >= 0.3 is 0 Å². The lowest BCUT2D eigenvalue weighted by Gasteiger charge is -2.56. The Hall–Kier alpha value is -2.41. The van der Waals surface area contributed by atoms with Gasteiger partial charge in [0.1, 0.15) is 17.0 Å². The first kappa shape index (κ1) is 22.1. The summed E-state index contributed by atoms with van der Waals surface area (Å²) in [6.45, 7) is 2.54. The van der Waals surface area contributed by atoms with Gasteiger partial charge in [-0.05, 0) is 107 Å². The molecule has 34 heavy (non-hydrogen) atoms. The van der Waals surface area contributed by atoms with Gasteiger partial charge in [0.15, 0.2) is 0 Å². The first-order valence-corrected chi connectivity index (χ1v) is 13.2. The molecule has 2 aromatic rings. The lowest BCUT2D eigenvalue weighted by atomic mass is 9.49. The molecule has 5 aliphatic rings. The Kier molecular flexibility index (Phi) is 5.63. The van der Waals surface area contributed by atoms with Gasteiger partial charge in [-0.15, -0.1) is 0 Å². The number of pyridine rings is 1. The van der Waals surface area contributed by atoms with Gasteiger partial charge in [-0.1, -0.05) is 6.07 Å². The van der Waals surface area contributed by atoms with Gasteiger partial charge in [0.05, 0.1) is 0 Å². The molecule has 7 rings (SSSR count). The normalized spacial score (nSPS) is 32.4. The van der Waals surface area contributed by atoms with Crippen molar-refractivity contribution in [2.75, 3.05) is 26.7 Å². The third-order valence-corrected chi connectivity index (χ3v) is 9.18. The molecule has 2 aromatic heterocycles. The zero-order chi connectivity index (χ0) is 23.3. The molecule has 4 bridgehead atoms. The number of rotatable bonds is 7. The van der Waals surface area contributed by atoms with Crippen molar-refractivity contribution in [2.45, 2.75) is 63.8 Å². The number of amides is 2. The highest BCUT2D eigenvalue weighted by atomic mass is 16.2. The second-order valence-corrected chi connectivity index (χ2v) is 11.7. The number of aromatic nitrogens is 2. The van der Waals surface area contributed by atoms with Crippen LogP contribution in [0.25, 0.3) is 5.65 Å². The summed E-state index contributed by atoms with van der Waals surface area (Å²) in [5, 5.41) is 6.28. The molecule has 4 saturated carbocycles. The lowest BCUT2D eigenvalue weighted by Crippen LogP contribution is -2.51. The molecule has 3 heterocycles. The van der Waals surface area contributed by atoms with Crippen LogP contribution >= 0.6 is 0 Å². The number of nitrogens with zero attached hydrogens (tertiary/aromatic N) is 3. The highest BCUT2D eigenvalue weighted by Gasteiger charge is 2.50. The van der Waals surface area contributed by atoms with Gasteiger partial charge in [-0.2, -0.15) is 0 Å². The van der Waals surface area contributed by atoms with Crippen LogP contribution in [0.15, 0.2) is 24.4 Å². The van der Waals surface area contributed by atoms with Gasteiger partial charge in [-0.25, -0.2) is 4.98 Å². The van der Waals surface area contributed by atoms with Gasteiger partial charge < -0.3 is 15.5 Å². The standard InChI is InChI=1S/C27H37N5O2/c1-31-9-3-4-21(31)7-8-28-25(33)22-16-32-23(5-2-6-24(32)30-22)26(34)29-17-27-13-18-10-19(14-27)12-20(11-18)15-27/h2,5-6,16,18-21H,3-4,7-15,17H2,1H3,(H,28,33)(H,29,34). The smallest absolute Gasteiger partial charge is 0.271 e. The van der Waals surface area contributed by atoms with Crippen LogP contribution in [0.4, 0.5) is 0 Å². The molecule has 0 radical (unpaired) electrons. The number of imidazole rings is 1. The van der Waals surface area contributed by atoms with E-state index in [4.69, 9.17) is 0 Å². The lowest BCUT2D eigenvalue weighted by molar-refractivity contribution is -0.0503. The zero-order valence-electron chi connectivity index (χ0n) is 20.3. The topological polar surface area (TPSA) is 78.7 Å². The van der Waals surface area contributed by atoms with Gasteiger partial charge in [0.2, 0.25) is 0 Å². The maximum atomic E-state index is 13.2. The molecule has 2 N–H and O–H groups in total. The van der Waals surface area contributed by atoms with Crippen LogP contribution in [0.1, 0.15) is 78.8 Å². The molecule has 1 unspecified atom stereocenters. The van der Waals surface area contributed by atoms with Crippen LogP contribution in [0.3, 0.4) is 0 Å². The number of hydrogen-bond acceptors (Lipinski definition) is 4. The summed E-state index contributed by atoms with van der Waals surface area (Å²) in [5.74, 6) is 2.36. The molecule has 7 heteroatoms. The van der Waals surface area contributed by atoms with E-state index in [-0.39, 0.29) is 11.8 Å². The van der Waals surface area contributed by atoms with Crippen LogP contribution < -0.4 is 10.6 Å². The van der Waals surface area contributed by atoms with E-state index >= 15 is 0 Å². The predicted molar refractivity (Wildman–Crippen MR) is 131 cm³/mol. The number of carbonyl (C=O) groups excluding carboxylic acids is 2. The predicted octanol–water partition coefficient (Wildman–Crippen LogP) is 3.49. The monoisotopic (exact) mass is 463 g/mol. The molecule has 4 aliphatic carbocycles. The molecule has 2 amide bonds. The van der Waals surface area contributed by atoms with Gasteiger partial charge in [0, 0.05) is 25.3 Å². The van der Waals surface area contributed by atoms with E-state index in [2.05, 4.69) is 27.6 Å². The van der Waals surface area contributed by atoms with E-state index < -0.39 is 0 Å². The van der Waals surface area contributed by atoms with Crippen LogP contribution in [-0.4, -0.2) is 58.8 Å². The highest BCUT2D eigenvalue weighted by Crippen LogP contribution is 2.59. The van der Waals surface area contributed by atoms with Crippen LogP contribution in [0.2, 0.25) is 0 Å². The minimum atomic E-state index is -0.177. The fraction of sp³-hybridized carbons (Fsp3) is 0.667. The minimum absolute atomic E-state index is 0.0741. The van der Waals surface area contributed by atoms with Crippen molar-refractivity contribution in [3.8, 4) is 0 Å². The van der Waals surface area contributed by atoms with E-state index in [1.807, 2.05) is 18.2 Å². The minimum Gasteiger partial charge on any atom is -0.351 e. The molecular weight excluding hydrogens is 426 g/mol. The van der Waals surface area contributed by atoms with Crippen LogP contribution in [0, 0.1) is 23.2 Å². The first-order valence-electron chi connectivity index (χ1n) is 13.2. The largest absolute Gasteiger partial charge is 0.351 e. The van der Waals surface area contributed by atoms with Gasteiger partial charge in [-0.3, -0.25) is 14.0 Å². The van der Waals surface area contributed by atoms with E-state index in [0.29, 0.717) is 35.0 Å². The third-order valence-electron chi connectivity index (χ3n) is 9.18. The van der Waals surface area contributed by atoms with Crippen LogP contribution in [0.5, 0.6) is 0 Å². The molecule has 182 valence electrons. The Bertz CT molecular complexity index is 1060. The summed E-state index contributed by atoms with van der Waals surface area (Å²) in [5.41, 5.74) is 1.83. The van der Waals surface area contributed by atoms with Crippen molar-refractivity contribution in [3.63, 3.8) is 0 Å². The Morgan fingerprint density at radius 1 is 1.06 bits per heavy atom. The van der Waals surface area contributed by atoms with Gasteiger partial charge in [0.25, 0.3) is 11.8 Å².